The molecule has 2 atom stereocenters. The smallest absolute Gasteiger partial charge is 0.350 e. The largest absolute Gasteiger partial charge is 0.465 e. The topological polar surface area (TPSA) is 139 Å². The van der Waals surface area contributed by atoms with E-state index < -0.39 is 5.97 Å². The zero-order chi connectivity index (χ0) is 26.7. The maximum Gasteiger partial charge on any atom is 0.350 e. The van der Waals surface area contributed by atoms with Gasteiger partial charge in [0.05, 0.1) is 30.4 Å². The van der Waals surface area contributed by atoms with Crippen molar-refractivity contribution in [1.82, 2.24) is 24.7 Å². The second-order valence-corrected chi connectivity index (χ2v) is 9.94. The number of aromatic amines is 1. The Morgan fingerprint density at radius 3 is 2.89 bits per heavy atom. The van der Waals surface area contributed by atoms with Gasteiger partial charge < -0.3 is 19.4 Å². The number of thiazole rings is 1. The van der Waals surface area contributed by atoms with E-state index in [2.05, 4.69) is 21.6 Å². The molecule has 4 rings (SSSR count). The van der Waals surface area contributed by atoms with Gasteiger partial charge in [0, 0.05) is 32.3 Å². The van der Waals surface area contributed by atoms with Gasteiger partial charge in [-0.2, -0.15) is 10.4 Å². The molecule has 1 fully saturated rings. The van der Waals surface area contributed by atoms with Crippen LogP contribution in [-0.4, -0.2) is 69.4 Å². The van der Waals surface area contributed by atoms with Crippen LogP contribution in [0.1, 0.15) is 44.3 Å². The molecule has 0 spiro atoms. The number of nitrogens with one attached hydrogen (secondary N) is 1. The van der Waals surface area contributed by atoms with E-state index in [0.29, 0.717) is 53.3 Å². The van der Waals surface area contributed by atoms with Crippen molar-refractivity contribution in [2.75, 3.05) is 31.7 Å². The highest BCUT2D eigenvalue weighted by molar-refractivity contribution is 7.17. The quantitative estimate of drug-likeness (QED) is 0.244. The summed E-state index contributed by atoms with van der Waals surface area (Å²) in [5.41, 5.74) is 1.38. The maximum atomic E-state index is 13.1. The number of ether oxygens (including phenoxy) is 2. The predicted octanol–water partition coefficient (Wildman–Crippen LogP) is 3.56. The summed E-state index contributed by atoms with van der Waals surface area (Å²) in [6.07, 6.45) is 3.57. The van der Waals surface area contributed by atoms with Crippen molar-refractivity contribution >= 4 is 39.8 Å². The van der Waals surface area contributed by atoms with E-state index in [1.54, 1.807) is 24.7 Å². The molecule has 1 saturated heterocycles. The summed E-state index contributed by atoms with van der Waals surface area (Å²) in [5.74, 6) is -0.342. The summed E-state index contributed by atoms with van der Waals surface area (Å²) in [5, 5.41) is 14.4. The molecule has 1 N–H and O–H groups in total. The molecule has 1 aliphatic rings. The number of nitrogens with zero attached hydrogens (tertiary/aromatic N) is 6. The van der Waals surface area contributed by atoms with Crippen LogP contribution >= 0.6 is 22.9 Å². The van der Waals surface area contributed by atoms with Crippen LogP contribution in [0.3, 0.4) is 0 Å². The lowest BCUT2D eigenvalue weighted by Gasteiger charge is -2.38. The van der Waals surface area contributed by atoms with E-state index in [4.69, 9.17) is 26.1 Å². The number of Topliss-reactive ketones (excluding diaryl/α,β-unsaturated/α-hetero) is 1. The first-order valence-corrected chi connectivity index (χ1v) is 12.7. The van der Waals surface area contributed by atoms with Crippen molar-refractivity contribution < 1.29 is 19.1 Å². The Bertz CT molecular complexity index is 1370. The molecule has 0 saturated carbocycles. The predicted molar refractivity (Wildman–Crippen MR) is 138 cm³/mol. The fourth-order valence-corrected chi connectivity index (χ4v) is 5.55. The number of anilines is 1. The molecule has 0 radical (unpaired) electrons. The number of H-pyrrole nitrogens is 1. The highest BCUT2D eigenvalue weighted by atomic mass is 35.5. The van der Waals surface area contributed by atoms with Crippen LogP contribution in [-0.2, 0) is 16.5 Å². The summed E-state index contributed by atoms with van der Waals surface area (Å²) in [4.78, 5) is 39.9. The van der Waals surface area contributed by atoms with E-state index in [-0.39, 0.29) is 40.5 Å². The number of esters is 1. The standard InChI is InChI=1S/C24H26ClN7O4S/c1-5-8-36-17-11-32(7-6-14(17)9-16(33)19-15(10-26)18(25)13(2)29-19)24-30-20(21(37-24)23(34)35-4)22-27-12-28-31(22)3/h5,12,14,17,29H,1,6-9,11H2,2-4H3/t14-,17-/m0/s1. The number of rotatable bonds is 9. The maximum absolute atomic E-state index is 13.1. The van der Waals surface area contributed by atoms with Crippen molar-refractivity contribution in [1.29, 1.82) is 5.26 Å². The van der Waals surface area contributed by atoms with E-state index >= 15 is 0 Å². The van der Waals surface area contributed by atoms with Crippen LogP contribution in [0.25, 0.3) is 11.5 Å². The van der Waals surface area contributed by atoms with Gasteiger partial charge in [-0.05, 0) is 19.3 Å². The number of aryl methyl sites for hydroxylation is 2. The van der Waals surface area contributed by atoms with Crippen molar-refractivity contribution in [2.24, 2.45) is 13.0 Å². The van der Waals surface area contributed by atoms with E-state index in [1.165, 1.54) is 24.8 Å². The molecule has 13 heteroatoms. The van der Waals surface area contributed by atoms with E-state index in [1.807, 2.05) is 11.0 Å². The third kappa shape index (κ3) is 5.29. The van der Waals surface area contributed by atoms with Gasteiger partial charge in [0.25, 0.3) is 0 Å². The third-order valence-corrected chi connectivity index (χ3v) is 7.82. The van der Waals surface area contributed by atoms with Gasteiger partial charge in [-0.1, -0.05) is 29.0 Å². The first kappa shape index (κ1) is 26.5. The summed E-state index contributed by atoms with van der Waals surface area (Å²) < 4.78 is 12.6. The van der Waals surface area contributed by atoms with E-state index in [9.17, 15) is 14.9 Å². The Hall–Kier alpha value is -3.53. The Labute approximate surface area is 222 Å². The van der Waals surface area contributed by atoms with Crippen LogP contribution in [0.2, 0.25) is 5.02 Å². The Morgan fingerprint density at radius 2 is 2.24 bits per heavy atom. The molecule has 3 aromatic heterocycles. The van der Waals surface area contributed by atoms with Gasteiger partial charge in [0.1, 0.15) is 28.7 Å². The highest BCUT2D eigenvalue weighted by Crippen LogP contribution is 2.36. The molecule has 194 valence electrons. The summed E-state index contributed by atoms with van der Waals surface area (Å²) in [6, 6.07) is 2.02. The molecule has 0 aromatic carbocycles. The van der Waals surface area contributed by atoms with Crippen LogP contribution in [0, 0.1) is 24.2 Å². The number of nitriles is 1. The second kappa shape index (κ2) is 11.2. The average molecular weight is 544 g/mol. The van der Waals surface area contributed by atoms with Crippen molar-refractivity contribution in [3.8, 4) is 17.6 Å². The fraction of sp³-hybridized carbons (Fsp3) is 0.417. The first-order valence-electron chi connectivity index (χ1n) is 11.5. The van der Waals surface area contributed by atoms with Gasteiger partial charge in [0.15, 0.2) is 16.7 Å². The summed E-state index contributed by atoms with van der Waals surface area (Å²) >= 11 is 7.40. The van der Waals surface area contributed by atoms with Crippen LogP contribution in [0.15, 0.2) is 19.0 Å². The summed E-state index contributed by atoms with van der Waals surface area (Å²) in [7, 11) is 3.04. The zero-order valence-electron chi connectivity index (χ0n) is 20.7. The lowest BCUT2D eigenvalue weighted by molar-refractivity contribution is 0.0184. The number of ketones is 1. The van der Waals surface area contributed by atoms with Crippen LogP contribution in [0.5, 0.6) is 0 Å². The van der Waals surface area contributed by atoms with E-state index in [0.717, 1.165) is 0 Å². The van der Waals surface area contributed by atoms with Crippen molar-refractivity contribution in [3.05, 3.63) is 45.8 Å². The summed E-state index contributed by atoms with van der Waals surface area (Å²) in [6.45, 7) is 6.81. The SMILES string of the molecule is C=CCO[C@H]1CN(c2nc(-c3ncnn3C)c(C(=O)OC)s2)CC[C@H]1CC(=O)c1[nH]c(C)c(Cl)c1C#N. The van der Waals surface area contributed by atoms with Gasteiger partial charge in [-0.3, -0.25) is 4.79 Å². The number of aromatic nitrogens is 5. The van der Waals surface area contributed by atoms with Gasteiger partial charge in [-0.15, -0.1) is 6.58 Å². The van der Waals surface area contributed by atoms with Crippen LogP contribution < -0.4 is 4.90 Å². The molecule has 0 amide bonds. The number of hydrogen-bond acceptors (Lipinski definition) is 10. The first-order chi connectivity index (χ1) is 17.8. The van der Waals surface area contributed by atoms with Gasteiger partial charge in [0.2, 0.25) is 0 Å². The van der Waals surface area contributed by atoms with Crippen molar-refractivity contribution in [3.63, 3.8) is 0 Å². The Morgan fingerprint density at radius 1 is 1.46 bits per heavy atom. The minimum Gasteiger partial charge on any atom is -0.465 e. The molecule has 0 bridgehead atoms. The average Bonchev–Trinajstić information content (AvgIpc) is 3.60. The highest BCUT2D eigenvalue weighted by Gasteiger charge is 2.35. The second-order valence-electron chi connectivity index (χ2n) is 8.58. The van der Waals surface area contributed by atoms with Gasteiger partial charge >= 0.3 is 5.97 Å². The van der Waals surface area contributed by atoms with Gasteiger partial charge in [-0.25, -0.2) is 19.4 Å². The fourth-order valence-electron chi connectivity index (χ4n) is 4.35. The molecule has 0 unspecified atom stereocenters. The molecule has 3 aromatic rings. The zero-order valence-corrected chi connectivity index (χ0v) is 22.2. The number of hydrogen-bond donors (Lipinski definition) is 1. The number of carbonyl (C=O) groups is 2. The van der Waals surface area contributed by atoms with Crippen molar-refractivity contribution in [2.45, 2.75) is 25.9 Å². The molecular weight excluding hydrogens is 518 g/mol. The minimum absolute atomic E-state index is 0.101. The minimum atomic E-state index is -0.505. The monoisotopic (exact) mass is 543 g/mol. The molecule has 11 nitrogen and oxygen atoms in total. The lowest BCUT2D eigenvalue weighted by Crippen LogP contribution is -2.46. The normalized spacial score (nSPS) is 17.4. The Balaban J connectivity index is 1.58. The number of methoxy groups -OCH3 is 1. The Kier molecular flexibility index (Phi) is 8.06. The molecule has 4 heterocycles. The number of halogens is 1. The molecule has 0 aliphatic carbocycles. The molecular formula is C24H26ClN7O4S. The molecule has 37 heavy (non-hydrogen) atoms. The third-order valence-electron chi connectivity index (χ3n) is 6.25. The lowest BCUT2D eigenvalue weighted by atomic mass is 9.88. The van der Waals surface area contributed by atoms with Crippen LogP contribution in [0.4, 0.5) is 5.13 Å². The number of carbonyl (C=O) groups excluding carboxylic acids is 2. The number of piperidine rings is 1. The molecule has 1 aliphatic heterocycles.